The van der Waals surface area contributed by atoms with Crippen molar-refractivity contribution in [2.75, 3.05) is 7.11 Å². The number of rotatable bonds is 10. The second-order valence-electron chi connectivity index (χ2n) is 11.7. The smallest absolute Gasteiger partial charge is 0.303 e. The predicted molar refractivity (Wildman–Crippen MR) is 169 cm³/mol. The number of ketones is 2. The lowest BCUT2D eigenvalue weighted by Gasteiger charge is -2.23. The molecule has 0 bridgehead atoms. The fourth-order valence-electron chi connectivity index (χ4n) is 5.52. The molecular weight excluding hydrogens is 596 g/mol. The van der Waals surface area contributed by atoms with Crippen molar-refractivity contribution < 1.29 is 42.2 Å². The topological polar surface area (TPSA) is 156 Å². The molecule has 242 valence electrons. The number of fused-ring (bicyclic) bond motifs is 2. The van der Waals surface area contributed by atoms with Gasteiger partial charge in [0.1, 0.15) is 33.4 Å². The minimum Gasteiger partial charge on any atom is -0.496 e. The summed E-state index contributed by atoms with van der Waals surface area (Å²) >= 11 is 0. The van der Waals surface area contributed by atoms with Crippen LogP contribution in [-0.2, 0) is 19.1 Å². The Morgan fingerprint density at radius 3 is 1.59 bits per heavy atom. The Morgan fingerprint density at radius 2 is 1.13 bits per heavy atom. The van der Waals surface area contributed by atoms with Crippen LogP contribution in [0.15, 0.2) is 48.8 Å². The predicted octanol–water partition coefficient (Wildman–Crippen LogP) is 6.50. The Balaban J connectivity index is 2.22. The maximum Gasteiger partial charge on any atom is 0.303 e. The van der Waals surface area contributed by atoms with Crippen LogP contribution in [0.4, 0.5) is 0 Å². The summed E-state index contributed by atoms with van der Waals surface area (Å²) in [5.41, 5.74) is -1.27. The maximum absolute atomic E-state index is 14.1. The summed E-state index contributed by atoms with van der Waals surface area (Å²) in [5.74, 6) is -3.35. The molecule has 4 rings (SSSR count). The van der Waals surface area contributed by atoms with Gasteiger partial charge in [0.15, 0.2) is 35.3 Å². The van der Waals surface area contributed by atoms with Crippen molar-refractivity contribution in [3.8, 4) is 16.9 Å². The van der Waals surface area contributed by atoms with Crippen molar-refractivity contribution in [2.24, 2.45) is 11.8 Å². The molecule has 2 heterocycles. The van der Waals surface area contributed by atoms with Gasteiger partial charge in [0.2, 0.25) is 10.9 Å². The molecule has 0 aliphatic rings. The van der Waals surface area contributed by atoms with Gasteiger partial charge in [-0.05, 0) is 43.9 Å². The zero-order valence-electron chi connectivity index (χ0n) is 27.2. The van der Waals surface area contributed by atoms with Gasteiger partial charge in [0, 0.05) is 25.0 Å². The third-order valence-electron chi connectivity index (χ3n) is 7.51. The average Bonchev–Trinajstić information content (AvgIpc) is 2.96. The van der Waals surface area contributed by atoms with Gasteiger partial charge in [0.25, 0.3) is 0 Å². The maximum atomic E-state index is 14.1. The van der Waals surface area contributed by atoms with E-state index >= 15 is 0 Å². The minimum atomic E-state index is -1.08. The molecule has 0 radical (unpaired) electrons. The van der Waals surface area contributed by atoms with Crippen LogP contribution in [0, 0.1) is 11.8 Å². The molecule has 11 heteroatoms. The van der Waals surface area contributed by atoms with Crippen LogP contribution in [0.25, 0.3) is 33.1 Å². The normalized spacial score (nSPS) is 12.8. The lowest BCUT2D eigenvalue weighted by molar-refractivity contribution is -0.151. The van der Waals surface area contributed by atoms with E-state index in [1.165, 1.54) is 46.9 Å². The molecule has 0 fully saturated rings. The van der Waals surface area contributed by atoms with E-state index in [1.54, 1.807) is 45.9 Å². The molecule has 46 heavy (non-hydrogen) atoms. The number of hydrogen-bond acceptors (Lipinski definition) is 11. The van der Waals surface area contributed by atoms with E-state index in [1.807, 2.05) is 0 Å². The summed E-state index contributed by atoms with van der Waals surface area (Å²) in [6, 6.07) is 7.82. The third kappa shape index (κ3) is 6.09. The SMILES string of the molecule is COc1ccc(-c2cccc3c(=O)c(C(C)=O)c([C@@H](OC(C)=O)C(C)C)oc23)c2oc([C@@H](OC(C)=O)C(C)C)c(C(C)=O)c(=O)c12. The molecule has 0 aliphatic carbocycles. The van der Waals surface area contributed by atoms with E-state index < -0.39 is 52.5 Å². The van der Waals surface area contributed by atoms with Crippen LogP contribution < -0.4 is 15.6 Å². The van der Waals surface area contributed by atoms with E-state index in [4.69, 9.17) is 23.0 Å². The van der Waals surface area contributed by atoms with E-state index in [2.05, 4.69) is 0 Å². The van der Waals surface area contributed by atoms with E-state index in [0.29, 0.717) is 5.56 Å². The average molecular weight is 633 g/mol. The largest absolute Gasteiger partial charge is 0.496 e. The van der Waals surface area contributed by atoms with Gasteiger partial charge in [-0.25, -0.2) is 0 Å². The molecule has 2 aromatic heterocycles. The second kappa shape index (κ2) is 13.1. The number of carbonyl (C=O) groups is 4. The number of para-hydroxylation sites is 1. The number of esters is 2. The molecule has 0 spiro atoms. The van der Waals surface area contributed by atoms with E-state index in [-0.39, 0.29) is 61.8 Å². The standard InChI is InChI=1S/C35H36O11/c1-15(2)30(43-19(7)38)34-25(17(5)36)28(40)23-12-10-11-21(32(23)45-34)22-13-14-24(42-9)27-29(41)26(18(6)37)35(46-33(22)27)31(16(3)4)44-20(8)39/h10-16,30-31H,1-9H3/t30-,31-/m0/s1. The molecule has 2 atom stereocenters. The fraction of sp³-hybridized carbons (Fsp3) is 0.371. The Bertz CT molecular complexity index is 2010. The van der Waals surface area contributed by atoms with Crippen LogP contribution in [-0.4, -0.2) is 30.6 Å². The number of Topliss-reactive ketones (excluding diaryl/α,β-unsaturated/α-hetero) is 2. The second-order valence-corrected chi connectivity index (χ2v) is 11.7. The zero-order valence-corrected chi connectivity index (χ0v) is 27.2. The van der Waals surface area contributed by atoms with Gasteiger partial charge in [0.05, 0.1) is 12.5 Å². The molecular formula is C35H36O11. The Morgan fingerprint density at radius 1 is 0.652 bits per heavy atom. The first-order chi connectivity index (χ1) is 21.6. The lowest BCUT2D eigenvalue weighted by Crippen LogP contribution is -2.24. The van der Waals surface area contributed by atoms with Crippen molar-refractivity contribution in [3.05, 3.63) is 73.4 Å². The molecule has 11 nitrogen and oxygen atoms in total. The quantitative estimate of drug-likeness (QED) is 0.139. The van der Waals surface area contributed by atoms with Gasteiger partial charge in [-0.3, -0.25) is 28.8 Å². The molecule has 0 aliphatic heterocycles. The van der Waals surface area contributed by atoms with E-state index in [9.17, 15) is 28.8 Å². The Hall–Kier alpha value is -5.06. The third-order valence-corrected chi connectivity index (χ3v) is 7.51. The molecule has 0 N–H and O–H groups in total. The van der Waals surface area contributed by atoms with Gasteiger partial charge in [-0.2, -0.15) is 0 Å². The summed E-state index contributed by atoms with van der Waals surface area (Å²) in [6.07, 6.45) is -2.15. The first-order valence-electron chi connectivity index (χ1n) is 14.7. The van der Waals surface area contributed by atoms with Crippen LogP contribution in [0.2, 0.25) is 0 Å². The highest BCUT2D eigenvalue weighted by molar-refractivity contribution is 6.06. The summed E-state index contributed by atoms with van der Waals surface area (Å²) in [7, 11) is 1.36. The fourth-order valence-corrected chi connectivity index (χ4v) is 5.52. The van der Waals surface area contributed by atoms with Gasteiger partial charge in [-0.1, -0.05) is 39.8 Å². The number of ether oxygens (including phenoxy) is 3. The summed E-state index contributed by atoms with van der Waals surface area (Å²) in [5, 5.41) is 0.00262. The summed E-state index contributed by atoms with van der Waals surface area (Å²) in [6.45, 7) is 11.9. The Kier molecular flexibility index (Phi) is 9.65. The lowest BCUT2D eigenvalue weighted by atomic mass is 9.94. The first kappa shape index (κ1) is 33.8. The molecule has 2 aromatic carbocycles. The van der Waals surface area contributed by atoms with Crippen LogP contribution in [0.1, 0.15) is 99.8 Å². The molecule has 0 saturated carbocycles. The first-order valence-corrected chi connectivity index (χ1v) is 14.7. The summed E-state index contributed by atoms with van der Waals surface area (Å²) < 4.78 is 29.2. The van der Waals surface area contributed by atoms with Crippen molar-refractivity contribution in [1.29, 1.82) is 0 Å². The minimum absolute atomic E-state index is 0.0186. The van der Waals surface area contributed by atoms with Gasteiger partial charge < -0.3 is 23.0 Å². The summed E-state index contributed by atoms with van der Waals surface area (Å²) in [4.78, 5) is 77.6. The van der Waals surface area contributed by atoms with Crippen molar-refractivity contribution >= 4 is 45.4 Å². The highest BCUT2D eigenvalue weighted by Crippen LogP contribution is 2.41. The van der Waals surface area contributed by atoms with Gasteiger partial charge >= 0.3 is 11.9 Å². The zero-order chi connectivity index (χ0) is 34.2. The van der Waals surface area contributed by atoms with Crippen LogP contribution in [0.5, 0.6) is 5.75 Å². The van der Waals surface area contributed by atoms with Crippen molar-refractivity contribution in [2.45, 2.75) is 67.6 Å². The molecule has 0 unspecified atom stereocenters. The highest BCUT2D eigenvalue weighted by atomic mass is 16.6. The molecule has 0 amide bonds. The highest BCUT2D eigenvalue weighted by Gasteiger charge is 2.33. The number of carbonyl (C=O) groups excluding carboxylic acids is 4. The van der Waals surface area contributed by atoms with Crippen LogP contribution in [0.3, 0.4) is 0 Å². The number of benzene rings is 2. The van der Waals surface area contributed by atoms with Crippen molar-refractivity contribution in [1.82, 2.24) is 0 Å². The monoisotopic (exact) mass is 632 g/mol. The van der Waals surface area contributed by atoms with Crippen LogP contribution >= 0.6 is 0 Å². The number of hydrogen-bond donors (Lipinski definition) is 0. The van der Waals surface area contributed by atoms with Crippen molar-refractivity contribution in [3.63, 3.8) is 0 Å². The Labute approximate surface area is 264 Å². The molecule has 0 saturated heterocycles. The van der Waals surface area contributed by atoms with E-state index in [0.717, 1.165) is 0 Å². The molecule has 4 aromatic rings. The number of methoxy groups -OCH3 is 1. The van der Waals surface area contributed by atoms with Gasteiger partial charge in [-0.15, -0.1) is 0 Å².